The van der Waals surface area contributed by atoms with Gasteiger partial charge in [0.25, 0.3) is 0 Å². The maximum absolute atomic E-state index is 12.9. The van der Waals surface area contributed by atoms with E-state index in [1.54, 1.807) is 12.1 Å². The van der Waals surface area contributed by atoms with Gasteiger partial charge in [-0.3, -0.25) is 0 Å². The SMILES string of the molecule is COc1ccc(C=CC(=O)O[C@H]2[C@H](O[C@@H]3O[C@@H](C)[C@H](O)[C@@H](O)[C@H]3O)[C@@H](O)[C@H](OCCc3ccc(O)c(O)c3)O[C@@H]2CO)cc1O. The molecule has 0 amide bonds. The quantitative estimate of drug-likeness (QED) is 0.0862. The van der Waals surface area contributed by atoms with E-state index in [-0.39, 0.29) is 36.0 Å². The van der Waals surface area contributed by atoms with Gasteiger partial charge in [-0.2, -0.15) is 0 Å². The van der Waals surface area contributed by atoms with E-state index in [1.807, 2.05) is 0 Å². The Morgan fingerprint density at radius 2 is 1.62 bits per heavy atom. The molecule has 8 N–H and O–H groups in total. The third-order valence-electron chi connectivity index (χ3n) is 7.47. The Balaban J connectivity index is 1.52. The molecule has 2 aliphatic heterocycles. The fourth-order valence-corrected chi connectivity index (χ4v) is 4.92. The van der Waals surface area contributed by atoms with Crippen LogP contribution in [0.3, 0.4) is 0 Å². The summed E-state index contributed by atoms with van der Waals surface area (Å²) in [5, 5.41) is 81.5. The molecule has 2 aromatic rings. The van der Waals surface area contributed by atoms with Crippen molar-refractivity contribution in [3.8, 4) is 23.0 Å². The first-order valence-electron chi connectivity index (χ1n) is 14.1. The monoisotopic (exact) mass is 638 g/mol. The van der Waals surface area contributed by atoms with Gasteiger partial charge in [-0.1, -0.05) is 12.1 Å². The molecule has 0 radical (unpaired) electrons. The van der Waals surface area contributed by atoms with Crippen molar-refractivity contribution in [3.05, 3.63) is 53.6 Å². The first-order valence-corrected chi connectivity index (χ1v) is 14.1. The molecule has 2 saturated heterocycles. The number of phenolic OH excluding ortho intramolecular Hbond substituents is 3. The minimum absolute atomic E-state index is 0.0663. The molecule has 4 rings (SSSR count). The van der Waals surface area contributed by atoms with Crippen LogP contribution < -0.4 is 4.74 Å². The number of rotatable bonds is 11. The van der Waals surface area contributed by atoms with E-state index < -0.39 is 74.0 Å². The lowest BCUT2D eigenvalue weighted by Crippen LogP contribution is -2.65. The van der Waals surface area contributed by atoms with Crippen LogP contribution in [0.15, 0.2) is 42.5 Å². The van der Waals surface area contributed by atoms with Crippen molar-refractivity contribution in [1.82, 2.24) is 0 Å². The number of aliphatic hydroxyl groups excluding tert-OH is 5. The number of phenols is 3. The molecule has 0 aromatic heterocycles. The van der Waals surface area contributed by atoms with Crippen LogP contribution in [0.1, 0.15) is 18.1 Å². The van der Waals surface area contributed by atoms with E-state index in [0.29, 0.717) is 11.1 Å². The molecule has 15 nitrogen and oxygen atoms in total. The minimum Gasteiger partial charge on any atom is -0.504 e. The third-order valence-corrected chi connectivity index (χ3v) is 7.47. The van der Waals surface area contributed by atoms with E-state index in [2.05, 4.69) is 0 Å². The van der Waals surface area contributed by atoms with Crippen molar-refractivity contribution in [2.75, 3.05) is 20.3 Å². The topological polar surface area (TPSA) is 234 Å². The molecule has 2 aliphatic rings. The number of methoxy groups -OCH3 is 1. The molecule has 0 spiro atoms. The van der Waals surface area contributed by atoms with Gasteiger partial charge < -0.3 is 69.3 Å². The maximum Gasteiger partial charge on any atom is 0.331 e. The molecular weight excluding hydrogens is 600 g/mol. The van der Waals surface area contributed by atoms with Gasteiger partial charge in [-0.05, 0) is 54.8 Å². The molecule has 2 heterocycles. The Morgan fingerprint density at radius 1 is 0.867 bits per heavy atom. The lowest BCUT2D eigenvalue weighted by molar-refractivity contribution is -0.357. The van der Waals surface area contributed by atoms with Gasteiger partial charge in [0.05, 0.1) is 26.4 Å². The molecule has 10 atom stereocenters. The second-order valence-electron chi connectivity index (χ2n) is 10.6. The van der Waals surface area contributed by atoms with Crippen LogP contribution >= 0.6 is 0 Å². The highest BCUT2D eigenvalue weighted by Crippen LogP contribution is 2.32. The number of ether oxygens (including phenoxy) is 6. The van der Waals surface area contributed by atoms with Gasteiger partial charge in [0, 0.05) is 6.08 Å². The van der Waals surface area contributed by atoms with Gasteiger partial charge in [0.2, 0.25) is 0 Å². The summed E-state index contributed by atoms with van der Waals surface area (Å²) in [6, 6.07) is 8.60. The average Bonchev–Trinajstić information content (AvgIpc) is 3.02. The summed E-state index contributed by atoms with van der Waals surface area (Å²) >= 11 is 0. The zero-order chi connectivity index (χ0) is 32.8. The number of aliphatic hydroxyl groups is 5. The zero-order valence-corrected chi connectivity index (χ0v) is 24.4. The van der Waals surface area contributed by atoms with Gasteiger partial charge >= 0.3 is 5.97 Å². The summed E-state index contributed by atoms with van der Waals surface area (Å²) in [5.74, 6) is -1.51. The van der Waals surface area contributed by atoms with Gasteiger partial charge in [-0.25, -0.2) is 4.79 Å². The first-order chi connectivity index (χ1) is 21.4. The van der Waals surface area contributed by atoms with Crippen molar-refractivity contribution < 1.29 is 74.1 Å². The number of hydrogen-bond donors (Lipinski definition) is 8. The predicted octanol–water partition coefficient (Wildman–Crippen LogP) is -0.713. The van der Waals surface area contributed by atoms with E-state index in [4.69, 9.17) is 28.4 Å². The number of hydrogen-bond acceptors (Lipinski definition) is 15. The minimum atomic E-state index is -1.76. The number of aromatic hydroxyl groups is 3. The van der Waals surface area contributed by atoms with Crippen molar-refractivity contribution in [2.24, 2.45) is 0 Å². The van der Waals surface area contributed by atoms with Crippen LogP contribution in [-0.2, 0) is 34.9 Å². The highest BCUT2D eigenvalue weighted by Gasteiger charge is 2.52. The Bertz CT molecular complexity index is 1320. The van der Waals surface area contributed by atoms with E-state index >= 15 is 0 Å². The fourth-order valence-electron chi connectivity index (χ4n) is 4.92. The average molecular weight is 639 g/mol. The van der Waals surface area contributed by atoms with Crippen LogP contribution in [0.4, 0.5) is 0 Å². The molecule has 45 heavy (non-hydrogen) atoms. The van der Waals surface area contributed by atoms with Crippen molar-refractivity contribution >= 4 is 12.0 Å². The summed E-state index contributed by atoms with van der Waals surface area (Å²) in [6.45, 7) is 0.640. The lowest BCUT2D eigenvalue weighted by Gasteiger charge is -2.46. The molecule has 248 valence electrons. The normalized spacial score (nSPS) is 32.0. The standard InChI is InChI=1S/C30H38O15/c1-14-23(36)24(37)25(38)30(42-14)45-28-26(39)29(41-10-9-16-3-6-17(32)18(33)11-16)43-21(13-31)27(28)44-22(35)8-5-15-4-7-20(40-2)19(34)12-15/h3-8,11-12,14,21,23-34,36-39H,9-10,13H2,1-2H3/t14-,21+,23-,24+,25+,26+,27+,28+,29+,30-/m0/s1. The second-order valence-corrected chi connectivity index (χ2v) is 10.6. The van der Waals surface area contributed by atoms with Crippen molar-refractivity contribution in [2.45, 2.75) is 74.8 Å². The molecule has 0 saturated carbocycles. The van der Waals surface area contributed by atoms with Gasteiger partial charge in [0.15, 0.2) is 41.7 Å². The number of carbonyl (C=O) groups is 1. The van der Waals surface area contributed by atoms with Crippen molar-refractivity contribution in [1.29, 1.82) is 0 Å². The van der Waals surface area contributed by atoms with E-state index in [0.717, 1.165) is 6.08 Å². The van der Waals surface area contributed by atoms with E-state index in [9.17, 15) is 45.6 Å². The summed E-state index contributed by atoms with van der Waals surface area (Å²) in [4.78, 5) is 12.9. The molecule has 0 unspecified atom stereocenters. The summed E-state index contributed by atoms with van der Waals surface area (Å²) in [6.07, 6.45) is -12.4. The molecule has 0 bridgehead atoms. The largest absolute Gasteiger partial charge is 0.504 e. The Kier molecular flexibility index (Phi) is 11.6. The smallest absolute Gasteiger partial charge is 0.331 e. The van der Waals surface area contributed by atoms with Crippen LogP contribution in [0, 0.1) is 0 Å². The summed E-state index contributed by atoms with van der Waals surface area (Å²) in [5.41, 5.74) is 1.01. The van der Waals surface area contributed by atoms with E-state index in [1.165, 1.54) is 44.4 Å². The molecule has 15 heteroatoms. The van der Waals surface area contributed by atoms with Crippen LogP contribution in [-0.4, -0.2) is 129 Å². The second kappa shape index (κ2) is 15.2. The number of benzene rings is 2. The first kappa shape index (κ1) is 34.4. The van der Waals surface area contributed by atoms with Gasteiger partial charge in [0.1, 0.15) is 36.6 Å². The van der Waals surface area contributed by atoms with Gasteiger partial charge in [-0.15, -0.1) is 0 Å². The van der Waals surface area contributed by atoms with Crippen molar-refractivity contribution in [3.63, 3.8) is 0 Å². The highest BCUT2D eigenvalue weighted by atomic mass is 16.7. The summed E-state index contributed by atoms with van der Waals surface area (Å²) < 4.78 is 33.3. The molecule has 2 aromatic carbocycles. The highest BCUT2D eigenvalue weighted by molar-refractivity contribution is 5.87. The zero-order valence-electron chi connectivity index (χ0n) is 24.4. The van der Waals surface area contributed by atoms with Crippen LogP contribution in [0.25, 0.3) is 6.08 Å². The Labute approximate surface area is 258 Å². The number of esters is 1. The number of carbonyl (C=O) groups excluding carboxylic acids is 1. The molecule has 2 fully saturated rings. The third kappa shape index (κ3) is 8.21. The van der Waals surface area contributed by atoms with Crippen LogP contribution in [0.2, 0.25) is 0 Å². The fraction of sp³-hybridized carbons (Fsp3) is 0.500. The summed E-state index contributed by atoms with van der Waals surface area (Å²) in [7, 11) is 1.39. The Hall–Kier alpha value is -3.51. The molecular formula is C30H38O15. The lowest BCUT2D eigenvalue weighted by atomic mass is 9.97. The maximum atomic E-state index is 12.9. The van der Waals surface area contributed by atoms with Crippen LogP contribution in [0.5, 0.6) is 23.0 Å². The Morgan fingerprint density at radius 3 is 2.29 bits per heavy atom. The predicted molar refractivity (Wildman–Crippen MR) is 152 cm³/mol. The molecule has 0 aliphatic carbocycles.